The van der Waals surface area contributed by atoms with Crippen LogP contribution in [-0.4, -0.2) is 52.9 Å². The molecule has 2 aromatic rings. The average molecular weight is 379 g/mol. The van der Waals surface area contributed by atoms with Crippen molar-refractivity contribution in [3.05, 3.63) is 48.3 Å². The molecule has 0 saturated carbocycles. The highest BCUT2D eigenvalue weighted by Gasteiger charge is 2.27. The smallest absolute Gasteiger partial charge is 0.253 e. The lowest BCUT2D eigenvalue weighted by atomic mass is 9.97. The lowest BCUT2D eigenvalue weighted by molar-refractivity contribution is -0.120. The Morgan fingerprint density at radius 1 is 0.964 bits per heavy atom. The number of nitrogens with one attached hydrogen (secondary N) is 1. The van der Waals surface area contributed by atoms with E-state index in [4.69, 9.17) is 0 Å². The van der Waals surface area contributed by atoms with Gasteiger partial charge in [0.2, 0.25) is 11.9 Å². The third-order valence-electron chi connectivity index (χ3n) is 5.42. The Bertz CT molecular complexity index is 818. The average Bonchev–Trinajstić information content (AvgIpc) is 3.29. The monoisotopic (exact) mass is 379 g/mol. The fourth-order valence-corrected chi connectivity index (χ4v) is 3.87. The van der Waals surface area contributed by atoms with Crippen molar-refractivity contribution in [3.63, 3.8) is 0 Å². The van der Waals surface area contributed by atoms with Crippen molar-refractivity contribution in [1.82, 2.24) is 14.9 Å². The molecule has 0 radical (unpaired) electrons. The van der Waals surface area contributed by atoms with Crippen LogP contribution in [0.4, 0.5) is 11.6 Å². The molecule has 1 aromatic heterocycles. The van der Waals surface area contributed by atoms with Crippen molar-refractivity contribution in [3.8, 4) is 0 Å². The number of benzene rings is 1. The van der Waals surface area contributed by atoms with E-state index in [1.165, 1.54) is 0 Å². The van der Waals surface area contributed by atoms with Crippen molar-refractivity contribution < 1.29 is 9.59 Å². The maximum atomic E-state index is 12.7. The highest BCUT2D eigenvalue weighted by atomic mass is 16.2. The van der Waals surface area contributed by atoms with E-state index in [1.807, 2.05) is 17.0 Å². The maximum Gasteiger partial charge on any atom is 0.253 e. The van der Waals surface area contributed by atoms with Gasteiger partial charge in [0.25, 0.3) is 5.91 Å². The Kier molecular flexibility index (Phi) is 5.50. The number of likely N-dealkylation sites (tertiary alicyclic amines) is 1. The summed E-state index contributed by atoms with van der Waals surface area (Å²) in [5.74, 6) is 0.633. The van der Waals surface area contributed by atoms with Gasteiger partial charge in [-0.1, -0.05) is 0 Å². The van der Waals surface area contributed by atoms with E-state index < -0.39 is 0 Å². The molecule has 2 aliphatic heterocycles. The van der Waals surface area contributed by atoms with Gasteiger partial charge in [0.1, 0.15) is 0 Å². The molecule has 1 atom stereocenters. The number of carbonyl (C=O) groups is 2. The molecule has 2 amide bonds. The second kappa shape index (κ2) is 8.37. The van der Waals surface area contributed by atoms with Crippen molar-refractivity contribution in [1.29, 1.82) is 0 Å². The van der Waals surface area contributed by atoms with Crippen LogP contribution in [0.5, 0.6) is 0 Å². The van der Waals surface area contributed by atoms with E-state index in [1.54, 1.807) is 30.6 Å². The molecule has 1 aromatic carbocycles. The van der Waals surface area contributed by atoms with Crippen LogP contribution in [0.15, 0.2) is 42.7 Å². The normalized spacial score (nSPS) is 19.5. The van der Waals surface area contributed by atoms with Gasteiger partial charge in [-0.05, 0) is 56.0 Å². The van der Waals surface area contributed by atoms with Crippen molar-refractivity contribution in [2.45, 2.75) is 25.7 Å². The third-order valence-corrected chi connectivity index (χ3v) is 5.42. The van der Waals surface area contributed by atoms with Gasteiger partial charge < -0.3 is 15.1 Å². The molecule has 2 aliphatic rings. The number of carbonyl (C=O) groups excluding carboxylic acids is 2. The SMILES string of the molecule is O=C(Nc1ccc(C(=O)N2CCCC2)cc1)C1CCCN(c2ncccn2)C1. The summed E-state index contributed by atoms with van der Waals surface area (Å²) in [5.41, 5.74) is 1.39. The van der Waals surface area contributed by atoms with E-state index in [-0.39, 0.29) is 17.7 Å². The number of amides is 2. The second-order valence-electron chi connectivity index (χ2n) is 7.40. The van der Waals surface area contributed by atoms with Gasteiger partial charge in [-0.15, -0.1) is 0 Å². The van der Waals surface area contributed by atoms with E-state index in [0.717, 1.165) is 51.0 Å². The maximum absolute atomic E-state index is 12.7. The molecule has 2 fully saturated rings. The van der Waals surface area contributed by atoms with Crippen LogP contribution in [0.25, 0.3) is 0 Å². The first-order valence-electron chi connectivity index (χ1n) is 9.93. The lowest BCUT2D eigenvalue weighted by Gasteiger charge is -2.31. The van der Waals surface area contributed by atoms with E-state index in [2.05, 4.69) is 20.2 Å². The van der Waals surface area contributed by atoms with Gasteiger partial charge in [-0.25, -0.2) is 9.97 Å². The zero-order valence-electron chi connectivity index (χ0n) is 15.9. The van der Waals surface area contributed by atoms with Gasteiger partial charge in [-0.2, -0.15) is 0 Å². The van der Waals surface area contributed by atoms with Crippen LogP contribution in [0.2, 0.25) is 0 Å². The minimum Gasteiger partial charge on any atom is -0.340 e. The summed E-state index contributed by atoms with van der Waals surface area (Å²) < 4.78 is 0. The highest BCUT2D eigenvalue weighted by molar-refractivity contribution is 5.96. The highest BCUT2D eigenvalue weighted by Crippen LogP contribution is 2.22. The van der Waals surface area contributed by atoms with Gasteiger partial charge in [-0.3, -0.25) is 9.59 Å². The summed E-state index contributed by atoms with van der Waals surface area (Å²) >= 11 is 0. The lowest BCUT2D eigenvalue weighted by Crippen LogP contribution is -2.41. The topological polar surface area (TPSA) is 78.4 Å². The molecule has 0 spiro atoms. The molecular weight excluding hydrogens is 354 g/mol. The number of rotatable bonds is 4. The molecule has 1 unspecified atom stereocenters. The first-order chi connectivity index (χ1) is 13.7. The fraction of sp³-hybridized carbons (Fsp3) is 0.429. The zero-order valence-corrected chi connectivity index (χ0v) is 15.9. The van der Waals surface area contributed by atoms with Crippen LogP contribution in [0, 0.1) is 5.92 Å². The standard InChI is InChI=1S/C21H25N5O2/c27-19(17-5-3-14-26(15-17)21-22-10-4-11-23-21)24-18-8-6-16(7-9-18)20(28)25-12-1-2-13-25/h4,6-11,17H,1-3,5,12-15H2,(H,24,27). The minimum atomic E-state index is -0.108. The Labute approximate surface area is 164 Å². The van der Waals surface area contributed by atoms with Crippen LogP contribution in [0.3, 0.4) is 0 Å². The molecular formula is C21H25N5O2. The summed E-state index contributed by atoms with van der Waals surface area (Å²) in [6, 6.07) is 8.99. The first kappa shape index (κ1) is 18.4. The van der Waals surface area contributed by atoms with Crippen molar-refractivity contribution >= 4 is 23.5 Å². The van der Waals surface area contributed by atoms with E-state index in [9.17, 15) is 9.59 Å². The third kappa shape index (κ3) is 4.13. The molecule has 146 valence electrons. The molecule has 3 heterocycles. The molecule has 4 rings (SSSR count). The molecule has 0 aliphatic carbocycles. The summed E-state index contributed by atoms with van der Waals surface area (Å²) in [6.07, 6.45) is 7.37. The number of nitrogens with zero attached hydrogens (tertiary/aromatic N) is 4. The predicted molar refractivity (Wildman–Crippen MR) is 107 cm³/mol. The predicted octanol–water partition coefficient (Wildman–Crippen LogP) is 2.57. The zero-order chi connectivity index (χ0) is 19.3. The summed E-state index contributed by atoms with van der Waals surface area (Å²) in [5, 5.41) is 2.99. The number of hydrogen-bond acceptors (Lipinski definition) is 5. The summed E-state index contributed by atoms with van der Waals surface area (Å²) in [4.78, 5) is 37.7. The fourth-order valence-electron chi connectivity index (χ4n) is 3.87. The quantitative estimate of drug-likeness (QED) is 0.883. The molecule has 7 heteroatoms. The van der Waals surface area contributed by atoms with Crippen molar-refractivity contribution in [2.24, 2.45) is 5.92 Å². The molecule has 2 saturated heterocycles. The van der Waals surface area contributed by atoms with Gasteiger partial charge in [0.15, 0.2) is 0 Å². The van der Waals surface area contributed by atoms with Gasteiger partial charge >= 0.3 is 0 Å². The Morgan fingerprint density at radius 2 is 1.68 bits per heavy atom. The van der Waals surface area contributed by atoms with Gasteiger partial charge in [0, 0.05) is 49.8 Å². The van der Waals surface area contributed by atoms with Crippen LogP contribution in [0.1, 0.15) is 36.0 Å². The molecule has 1 N–H and O–H groups in total. The first-order valence-corrected chi connectivity index (χ1v) is 9.93. The summed E-state index contributed by atoms with van der Waals surface area (Å²) in [7, 11) is 0. The largest absolute Gasteiger partial charge is 0.340 e. The minimum absolute atomic E-state index is 0.000694. The summed E-state index contributed by atoms with van der Waals surface area (Å²) in [6.45, 7) is 3.14. The molecule has 0 bridgehead atoms. The number of aromatic nitrogens is 2. The Hall–Kier alpha value is -2.96. The van der Waals surface area contributed by atoms with Crippen LogP contribution in [-0.2, 0) is 4.79 Å². The number of anilines is 2. The van der Waals surface area contributed by atoms with E-state index >= 15 is 0 Å². The molecule has 28 heavy (non-hydrogen) atoms. The van der Waals surface area contributed by atoms with E-state index in [0.29, 0.717) is 18.1 Å². The molecule has 7 nitrogen and oxygen atoms in total. The number of piperidine rings is 1. The Balaban J connectivity index is 1.36. The van der Waals surface area contributed by atoms with Gasteiger partial charge in [0.05, 0.1) is 5.92 Å². The number of hydrogen-bond donors (Lipinski definition) is 1. The Morgan fingerprint density at radius 3 is 2.39 bits per heavy atom. The van der Waals surface area contributed by atoms with Crippen LogP contribution < -0.4 is 10.2 Å². The van der Waals surface area contributed by atoms with Crippen molar-refractivity contribution in [2.75, 3.05) is 36.4 Å². The van der Waals surface area contributed by atoms with Crippen LogP contribution >= 0.6 is 0 Å². The second-order valence-corrected chi connectivity index (χ2v) is 7.40.